The van der Waals surface area contributed by atoms with Gasteiger partial charge in [0.15, 0.2) is 11.0 Å². The van der Waals surface area contributed by atoms with Crippen molar-refractivity contribution >= 4 is 35.0 Å². The van der Waals surface area contributed by atoms with Crippen LogP contribution in [0.15, 0.2) is 84.0 Å². The minimum Gasteiger partial charge on any atom is -0.325 e. The molecule has 1 amide bonds. The number of nitrogens with zero attached hydrogens (tertiary/aromatic N) is 3. The summed E-state index contributed by atoms with van der Waals surface area (Å²) in [6, 6.07) is 25.2. The molecule has 4 aromatic rings. The first-order chi connectivity index (χ1) is 15.2. The number of benzene rings is 3. The van der Waals surface area contributed by atoms with Gasteiger partial charge in [-0.1, -0.05) is 72.8 Å². The SMILES string of the molecule is CCc1ccc(NC(=O)CSc2nnc(-c3ccccc3Cl)n2-c2ccccc2)cc1. The van der Waals surface area contributed by atoms with Crippen molar-refractivity contribution < 1.29 is 4.79 Å². The number of halogens is 1. The minimum atomic E-state index is -0.101. The molecule has 1 heterocycles. The molecular weight excluding hydrogens is 428 g/mol. The van der Waals surface area contributed by atoms with E-state index in [0.29, 0.717) is 16.0 Å². The molecule has 0 radical (unpaired) electrons. The summed E-state index contributed by atoms with van der Waals surface area (Å²) in [5.74, 6) is 0.745. The lowest BCUT2D eigenvalue weighted by atomic mass is 10.1. The summed E-state index contributed by atoms with van der Waals surface area (Å²) in [5, 5.41) is 12.9. The lowest BCUT2D eigenvalue weighted by molar-refractivity contribution is -0.113. The fourth-order valence-corrected chi connectivity index (χ4v) is 4.11. The van der Waals surface area contributed by atoms with E-state index in [4.69, 9.17) is 11.6 Å². The van der Waals surface area contributed by atoms with E-state index in [9.17, 15) is 4.79 Å². The lowest BCUT2D eigenvalue weighted by Crippen LogP contribution is -2.14. The van der Waals surface area contributed by atoms with E-state index in [1.165, 1.54) is 17.3 Å². The summed E-state index contributed by atoms with van der Waals surface area (Å²) in [4.78, 5) is 12.5. The number of nitrogens with one attached hydrogen (secondary N) is 1. The predicted octanol–water partition coefficient (Wildman–Crippen LogP) is 5.88. The molecule has 1 aromatic heterocycles. The highest BCUT2D eigenvalue weighted by Crippen LogP contribution is 2.31. The van der Waals surface area contributed by atoms with Crippen LogP contribution in [0.1, 0.15) is 12.5 Å². The zero-order valence-electron chi connectivity index (χ0n) is 17.0. The van der Waals surface area contributed by atoms with E-state index in [2.05, 4.69) is 22.4 Å². The summed E-state index contributed by atoms with van der Waals surface area (Å²) >= 11 is 7.75. The number of carbonyl (C=O) groups is 1. The molecule has 1 N–H and O–H groups in total. The molecule has 7 heteroatoms. The first kappa shape index (κ1) is 21.2. The molecule has 31 heavy (non-hydrogen) atoms. The molecule has 3 aromatic carbocycles. The number of aromatic nitrogens is 3. The molecule has 0 saturated carbocycles. The summed E-state index contributed by atoms with van der Waals surface area (Å²) < 4.78 is 1.93. The Morgan fingerprint density at radius 3 is 2.39 bits per heavy atom. The fourth-order valence-electron chi connectivity index (χ4n) is 3.14. The average Bonchev–Trinajstić information content (AvgIpc) is 3.23. The Hall–Kier alpha value is -3.09. The predicted molar refractivity (Wildman–Crippen MR) is 127 cm³/mol. The van der Waals surface area contributed by atoms with Crippen LogP contribution in [0.3, 0.4) is 0 Å². The van der Waals surface area contributed by atoms with Gasteiger partial charge in [0.2, 0.25) is 5.91 Å². The zero-order chi connectivity index (χ0) is 21.6. The monoisotopic (exact) mass is 448 g/mol. The molecule has 0 spiro atoms. The van der Waals surface area contributed by atoms with E-state index in [-0.39, 0.29) is 11.7 Å². The average molecular weight is 449 g/mol. The Kier molecular flexibility index (Phi) is 6.70. The van der Waals surface area contributed by atoms with Crippen LogP contribution < -0.4 is 5.32 Å². The van der Waals surface area contributed by atoms with Crippen LogP contribution in [-0.2, 0) is 11.2 Å². The van der Waals surface area contributed by atoms with Crippen molar-refractivity contribution in [1.29, 1.82) is 0 Å². The van der Waals surface area contributed by atoms with Crippen LogP contribution in [0.5, 0.6) is 0 Å². The van der Waals surface area contributed by atoms with E-state index >= 15 is 0 Å². The lowest BCUT2D eigenvalue weighted by Gasteiger charge is -2.11. The molecule has 0 atom stereocenters. The van der Waals surface area contributed by atoms with Gasteiger partial charge in [0.25, 0.3) is 0 Å². The number of hydrogen-bond donors (Lipinski definition) is 1. The topological polar surface area (TPSA) is 59.8 Å². The normalized spacial score (nSPS) is 10.8. The number of rotatable bonds is 7. The van der Waals surface area contributed by atoms with Gasteiger partial charge in [-0.05, 0) is 48.4 Å². The smallest absolute Gasteiger partial charge is 0.234 e. The first-order valence-corrected chi connectivity index (χ1v) is 11.3. The van der Waals surface area contributed by atoms with Gasteiger partial charge in [0.05, 0.1) is 10.8 Å². The number of amides is 1. The summed E-state index contributed by atoms with van der Waals surface area (Å²) in [6.07, 6.45) is 0.965. The second-order valence-electron chi connectivity index (χ2n) is 6.84. The maximum Gasteiger partial charge on any atom is 0.234 e. The number of hydrogen-bond acceptors (Lipinski definition) is 4. The molecule has 0 saturated heterocycles. The maximum absolute atomic E-state index is 12.5. The van der Waals surface area contributed by atoms with Crippen molar-refractivity contribution in [2.75, 3.05) is 11.1 Å². The third-order valence-corrected chi connectivity index (χ3v) is 6.00. The number of carbonyl (C=O) groups excluding carboxylic acids is 1. The summed E-state index contributed by atoms with van der Waals surface area (Å²) in [5.41, 5.74) is 3.70. The Labute approximate surface area is 190 Å². The second-order valence-corrected chi connectivity index (χ2v) is 8.19. The van der Waals surface area contributed by atoms with Crippen LogP contribution in [-0.4, -0.2) is 26.4 Å². The molecule has 0 aliphatic carbocycles. The number of aryl methyl sites for hydroxylation is 1. The van der Waals surface area contributed by atoms with Crippen LogP contribution >= 0.6 is 23.4 Å². The molecule has 156 valence electrons. The number of thioether (sulfide) groups is 1. The Morgan fingerprint density at radius 2 is 1.68 bits per heavy atom. The summed E-state index contributed by atoms with van der Waals surface area (Å²) in [6.45, 7) is 2.10. The van der Waals surface area contributed by atoms with Crippen LogP contribution in [0.4, 0.5) is 5.69 Å². The van der Waals surface area contributed by atoms with Crippen molar-refractivity contribution in [3.05, 3.63) is 89.4 Å². The Bertz CT molecular complexity index is 1180. The highest BCUT2D eigenvalue weighted by molar-refractivity contribution is 7.99. The number of para-hydroxylation sites is 1. The minimum absolute atomic E-state index is 0.101. The van der Waals surface area contributed by atoms with Crippen molar-refractivity contribution in [3.63, 3.8) is 0 Å². The summed E-state index contributed by atoms with van der Waals surface area (Å²) in [7, 11) is 0. The second kappa shape index (κ2) is 9.81. The van der Waals surface area contributed by atoms with Crippen molar-refractivity contribution in [2.45, 2.75) is 18.5 Å². The van der Waals surface area contributed by atoms with Crippen molar-refractivity contribution in [3.8, 4) is 17.1 Å². The molecule has 0 unspecified atom stereocenters. The van der Waals surface area contributed by atoms with Crippen LogP contribution in [0.2, 0.25) is 5.02 Å². The molecule has 0 bridgehead atoms. The standard InChI is InChI=1S/C24H21ClN4OS/c1-2-17-12-14-18(15-13-17)26-22(30)16-31-24-28-27-23(20-10-6-7-11-21(20)25)29(24)19-8-4-3-5-9-19/h3-15H,2,16H2,1H3,(H,26,30). The van der Waals surface area contributed by atoms with E-state index < -0.39 is 0 Å². The van der Waals surface area contributed by atoms with E-state index in [1.807, 2.05) is 83.4 Å². The third kappa shape index (κ3) is 4.98. The fraction of sp³-hybridized carbons (Fsp3) is 0.125. The molecule has 0 aliphatic heterocycles. The van der Waals surface area contributed by atoms with Gasteiger partial charge in [0, 0.05) is 16.9 Å². The van der Waals surface area contributed by atoms with Gasteiger partial charge in [-0.3, -0.25) is 9.36 Å². The van der Waals surface area contributed by atoms with Crippen molar-refractivity contribution in [2.24, 2.45) is 0 Å². The van der Waals surface area contributed by atoms with Crippen LogP contribution in [0.25, 0.3) is 17.1 Å². The third-order valence-electron chi connectivity index (χ3n) is 4.74. The molecule has 0 fully saturated rings. The highest BCUT2D eigenvalue weighted by atomic mass is 35.5. The van der Waals surface area contributed by atoms with Gasteiger partial charge >= 0.3 is 0 Å². The van der Waals surface area contributed by atoms with E-state index in [1.54, 1.807) is 0 Å². The van der Waals surface area contributed by atoms with Gasteiger partial charge in [0.1, 0.15) is 0 Å². The molecule has 5 nitrogen and oxygen atoms in total. The van der Waals surface area contributed by atoms with Gasteiger partial charge < -0.3 is 5.32 Å². The zero-order valence-corrected chi connectivity index (χ0v) is 18.5. The van der Waals surface area contributed by atoms with Gasteiger partial charge in [-0.15, -0.1) is 10.2 Å². The largest absolute Gasteiger partial charge is 0.325 e. The highest BCUT2D eigenvalue weighted by Gasteiger charge is 2.18. The van der Waals surface area contributed by atoms with Gasteiger partial charge in [-0.25, -0.2) is 0 Å². The molecule has 4 rings (SSSR count). The molecule has 0 aliphatic rings. The number of anilines is 1. The first-order valence-electron chi connectivity index (χ1n) is 9.93. The van der Waals surface area contributed by atoms with Crippen molar-refractivity contribution in [1.82, 2.24) is 14.8 Å². The Morgan fingerprint density at radius 1 is 0.968 bits per heavy atom. The van der Waals surface area contributed by atoms with Gasteiger partial charge in [-0.2, -0.15) is 0 Å². The van der Waals surface area contributed by atoms with E-state index in [0.717, 1.165) is 23.4 Å². The quantitative estimate of drug-likeness (QED) is 0.358. The van der Waals surface area contributed by atoms with Crippen LogP contribution in [0, 0.1) is 0 Å². The maximum atomic E-state index is 12.5. The molecular formula is C24H21ClN4OS. The Balaban J connectivity index is 1.57.